The monoisotopic (exact) mass is 292 g/mol. The van der Waals surface area contributed by atoms with Crippen molar-refractivity contribution in [2.75, 3.05) is 11.1 Å². The minimum absolute atomic E-state index is 0.0225. The van der Waals surface area contributed by atoms with E-state index < -0.39 is 29.0 Å². The van der Waals surface area contributed by atoms with Crippen LogP contribution in [0.5, 0.6) is 0 Å². The average molecular weight is 292 g/mol. The van der Waals surface area contributed by atoms with Crippen LogP contribution in [0.15, 0.2) is 23.0 Å². The summed E-state index contributed by atoms with van der Waals surface area (Å²) in [4.78, 5) is 30.0. The smallest absolute Gasteiger partial charge is 0.257 e. The Balaban J connectivity index is 2.11. The molecule has 1 aromatic heterocycles. The normalized spacial score (nSPS) is 17.2. The number of carbonyl (C=O) groups is 1. The number of aromatic amines is 1. The Labute approximate surface area is 117 Å². The zero-order valence-corrected chi connectivity index (χ0v) is 10.6. The van der Waals surface area contributed by atoms with Crippen LogP contribution in [0.25, 0.3) is 0 Å². The minimum Gasteiger partial charge on any atom is -0.369 e. The van der Waals surface area contributed by atoms with E-state index in [9.17, 15) is 18.4 Å². The number of rotatable bonds is 1. The number of aromatic nitrogens is 2. The van der Waals surface area contributed by atoms with Crippen molar-refractivity contribution in [1.82, 2.24) is 9.97 Å². The molecule has 0 saturated carbocycles. The third-order valence-corrected chi connectivity index (χ3v) is 3.35. The van der Waals surface area contributed by atoms with E-state index >= 15 is 0 Å². The number of halogens is 2. The first-order chi connectivity index (χ1) is 9.97. The molecule has 108 valence electrons. The second-order valence-electron chi connectivity index (χ2n) is 4.66. The first-order valence-corrected chi connectivity index (χ1v) is 6.11. The van der Waals surface area contributed by atoms with Gasteiger partial charge >= 0.3 is 0 Å². The highest BCUT2D eigenvalue weighted by Crippen LogP contribution is 2.31. The fourth-order valence-electron chi connectivity index (χ4n) is 2.39. The van der Waals surface area contributed by atoms with Crippen LogP contribution in [0, 0.1) is 11.6 Å². The second kappa shape index (κ2) is 4.65. The summed E-state index contributed by atoms with van der Waals surface area (Å²) in [6.07, 6.45) is -0.151. The molecule has 4 N–H and O–H groups in total. The van der Waals surface area contributed by atoms with Gasteiger partial charge in [0.25, 0.3) is 5.56 Å². The molecule has 1 unspecified atom stereocenters. The summed E-state index contributed by atoms with van der Waals surface area (Å²) in [7, 11) is 0. The van der Waals surface area contributed by atoms with Gasteiger partial charge in [-0.1, -0.05) is 6.07 Å². The molecule has 2 heterocycles. The van der Waals surface area contributed by atoms with Crippen LogP contribution in [-0.4, -0.2) is 15.9 Å². The molecule has 0 saturated heterocycles. The average Bonchev–Trinajstić information content (AvgIpc) is 2.39. The van der Waals surface area contributed by atoms with Gasteiger partial charge in [0.05, 0.1) is 11.5 Å². The summed E-state index contributed by atoms with van der Waals surface area (Å²) < 4.78 is 27.6. The minimum atomic E-state index is -1.13. The number of nitrogens with zero attached hydrogens (tertiary/aromatic N) is 1. The van der Waals surface area contributed by atoms with Gasteiger partial charge in [0.2, 0.25) is 11.9 Å². The van der Waals surface area contributed by atoms with Crippen molar-refractivity contribution in [3.63, 3.8) is 0 Å². The highest BCUT2D eigenvalue weighted by Gasteiger charge is 2.34. The van der Waals surface area contributed by atoms with E-state index in [1.807, 2.05) is 0 Å². The van der Waals surface area contributed by atoms with E-state index in [0.29, 0.717) is 0 Å². The second-order valence-corrected chi connectivity index (χ2v) is 4.66. The SMILES string of the molecule is Nc1nc2c(c(=O)[nH]1)CC(c1c(F)cccc1F)C(=O)N2. The standard InChI is InChI=1S/C13H10F2N4O2/c14-7-2-1-3-8(15)9(7)5-4-6-10(17-11(5)20)18-13(16)19-12(6)21/h1-3,5H,4H2,(H4,16,17,18,19,20,21). The van der Waals surface area contributed by atoms with E-state index in [1.165, 1.54) is 6.07 Å². The van der Waals surface area contributed by atoms with E-state index in [2.05, 4.69) is 15.3 Å². The first-order valence-electron chi connectivity index (χ1n) is 6.11. The number of carbonyl (C=O) groups excluding carboxylic acids is 1. The van der Waals surface area contributed by atoms with Crippen LogP contribution in [0.3, 0.4) is 0 Å². The van der Waals surface area contributed by atoms with Gasteiger partial charge in [-0.05, 0) is 18.6 Å². The van der Waals surface area contributed by atoms with Gasteiger partial charge in [-0.3, -0.25) is 14.6 Å². The molecule has 1 aromatic carbocycles. The number of H-pyrrole nitrogens is 1. The molecule has 21 heavy (non-hydrogen) atoms. The van der Waals surface area contributed by atoms with Crippen molar-refractivity contribution < 1.29 is 13.6 Å². The van der Waals surface area contributed by atoms with Crippen molar-refractivity contribution in [3.05, 3.63) is 51.3 Å². The van der Waals surface area contributed by atoms with Crippen LogP contribution in [0.2, 0.25) is 0 Å². The maximum atomic E-state index is 13.8. The summed E-state index contributed by atoms with van der Waals surface area (Å²) >= 11 is 0. The quantitative estimate of drug-likeness (QED) is 0.727. The van der Waals surface area contributed by atoms with Crippen LogP contribution in [-0.2, 0) is 11.2 Å². The van der Waals surface area contributed by atoms with Crippen molar-refractivity contribution in [1.29, 1.82) is 0 Å². The lowest BCUT2D eigenvalue weighted by Crippen LogP contribution is -2.34. The summed E-state index contributed by atoms with van der Waals surface area (Å²) in [6.45, 7) is 0. The fraction of sp³-hybridized carbons (Fsp3) is 0.154. The summed E-state index contributed by atoms with van der Waals surface area (Å²) in [5.41, 5.74) is 4.61. The van der Waals surface area contributed by atoms with Gasteiger partial charge in [-0.25, -0.2) is 8.78 Å². The predicted molar refractivity (Wildman–Crippen MR) is 70.7 cm³/mol. The highest BCUT2D eigenvalue weighted by atomic mass is 19.1. The molecule has 1 aliphatic rings. The van der Waals surface area contributed by atoms with E-state index in [0.717, 1.165) is 12.1 Å². The molecule has 0 aliphatic carbocycles. The molecule has 2 aromatic rings. The largest absolute Gasteiger partial charge is 0.369 e. The Hall–Kier alpha value is -2.77. The highest BCUT2D eigenvalue weighted by molar-refractivity contribution is 5.98. The zero-order valence-electron chi connectivity index (χ0n) is 10.6. The molecule has 0 spiro atoms. The Morgan fingerprint density at radius 3 is 2.57 bits per heavy atom. The van der Waals surface area contributed by atoms with Gasteiger partial charge in [0.1, 0.15) is 17.5 Å². The van der Waals surface area contributed by atoms with Crippen molar-refractivity contribution >= 4 is 17.7 Å². The Bertz CT molecular complexity index is 783. The van der Waals surface area contributed by atoms with Crippen LogP contribution < -0.4 is 16.6 Å². The Morgan fingerprint density at radius 1 is 1.24 bits per heavy atom. The number of nitrogens with two attached hydrogens (primary N) is 1. The van der Waals surface area contributed by atoms with E-state index in [4.69, 9.17) is 5.73 Å². The molecule has 0 radical (unpaired) electrons. The van der Waals surface area contributed by atoms with Crippen LogP contribution in [0.1, 0.15) is 17.0 Å². The van der Waals surface area contributed by atoms with Crippen molar-refractivity contribution in [2.45, 2.75) is 12.3 Å². The van der Waals surface area contributed by atoms with Gasteiger partial charge in [-0.2, -0.15) is 4.98 Å². The summed E-state index contributed by atoms with van der Waals surface area (Å²) in [5, 5.41) is 2.36. The molecular weight excluding hydrogens is 282 g/mol. The number of fused-ring (bicyclic) bond motifs is 1. The van der Waals surface area contributed by atoms with Gasteiger partial charge in [0, 0.05) is 5.56 Å². The number of anilines is 2. The van der Waals surface area contributed by atoms with Crippen molar-refractivity contribution in [3.8, 4) is 0 Å². The fourth-order valence-corrected chi connectivity index (χ4v) is 2.39. The lowest BCUT2D eigenvalue weighted by atomic mass is 9.88. The summed E-state index contributed by atoms with van der Waals surface area (Å²) in [6, 6.07) is 3.33. The number of hydrogen-bond acceptors (Lipinski definition) is 4. The molecule has 1 atom stereocenters. The number of amides is 1. The third kappa shape index (κ3) is 2.14. The maximum absolute atomic E-state index is 13.8. The number of benzene rings is 1. The van der Waals surface area contributed by atoms with Crippen molar-refractivity contribution in [2.24, 2.45) is 0 Å². The number of hydrogen-bond donors (Lipinski definition) is 3. The first kappa shape index (κ1) is 13.2. The Kier molecular flexibility index (Phi) is 2.93. The molecular formula is C13H10F2N4O2. The molecule has 1 amide bonds. The molecule has 3 rings (SSSR count). The lowest BCUT2D eigenvalue weighted by molar-refractivity contribution is -0.118. The van der Waals surface area contributed by atoms with Gasteiger partial charge in [-0.15, -0.1) is 0 Å². The Morgan fingerprint density at radius 2 is 1.90 bits per heavy atom. The third-order valence-electron chi connectivity index (χ3n) is 3.35. The van der Waals surface area contributed by atoms with Crippen LogP contribution in [0.4, 0.5) is 20.5 Å². The predicted octanol–water partition coefficient (Wildman–Crippen LogP) is 0.909. The van der Waals surface area contributed by atoms with Crippen LogP contribution >= 0.6 is 0 Å². The number of nitrogens with one attached hydrogen (secondary N) is 2. The topological polar surface area (TPSA) is 101 Å². The van der Waals surface area contributed by atoms with Gasteiger partial charge in [0.15, 0.2) is 0 Å². The van der Waals surface area contributed by atoms with Gasteiger partial charge < -0.3 is 11.1 Å². The maximum Gasteiger partial charge on any atom is 0.257 e. The molecule has 6 nitrogen and oxygen atoms in total. The molecule has 8 heteroatoms. The lowest BCUT2D eigenvalue weighted by Gasteiger charge is -2.24. The molecule has 1 aliphatic heterocycles. The van der Waals surface area contributed by atoms with E-state index in [1.54, 1.807) is 0 Å². The molecule has 0 bridgehead atoms. The summed E-state index contributed by atoms with van der Waals surface area (Å²) in [5.74, 6) is -3.56. The molecule has 0 fully saturated rings. The number of nitrogen functional groups attached to an aromatic ring is 1. The van der Waals surface area contributed by atoms with E-state index in [-0.39, 0.29) is 29.3 Å². The zero-order chi connectivity index (χ0) is 15.1.